The van der Waals surface area contributed by atoms with E-state index in [1.165, 1.54) is 5.56 Å². The minimum Gasteiger partial charge on any atom is -0.493 e. The number of ether oxygens (including phenoxy) is 2. The fourth-order valence-electron chi connectivity index (χ4n) is 2.73. The maximum Gasteiger partial charge on any atom is 0.161 e. The van der Waals surface area contributed by atoms with E-state index in [0.717, 1.165) is 47.0 Å². The van der Waals surface area contributed by atoms with Gasteiger partial charge in [-0.25, -0.2) is 0 Å². The Kier molecular flexibility index (Phi) is 3.92. The molecule has 3 rings (SSSR count). The Morgan fingerprint density at radius 2 is 1.82 bits per heavy atom. The second-order valence-electron chi connectivity index (χ2n) is 5.23. The first-order valence-electron chi connectivity index (χ1n) is 7.28. The van der Waals surface area contributed by atoms with Crippen LogP contribution in [0.15, 0.2) is 36.4 Å². The van der Waals surface area contributed by atoms with Crippen LogP contribution in [0.25, 0.3) is 11.8 Å². The highest BCUT2D eigenvalue weighted by atomic mass is 16.5. The molecule has 0 radical (unpaired) electrons. The number of hydrogen-bond acceptors (Lipinski definition) is 4. The predicted molar refractivity (Wildman–Crippen MR) is 90.0 cm³/mol. The Morgan fingerprint density at radius 3 is 2.55 bits per heavy atom. The fraction of sp³-hybridized carbons (Fsp3) is 0.222. The van der Waals surface area contributed by atoms with Crippen LogP contribution < -0.4 is 20.5 Å². The highest BCUT2D eigenvalue weighted by molar-refractivity contribution is 5.86. The van der Waals surface area contributed by atoms with Crippen molar-refractivity contribution in [1.82, 2.24) is 5.32 Å². The summed E-state index contributed by atoms with van der Waals surface area (Å²) in [7, 11) is 3.31. The van der Waals surface area contributed by atoms with Gasteiger partial charge in [0.25, 0.3) is 0 Å². The number of nitrogens with one attached hydrogen (secondary N) is 1. The maximum absolute atomic E-state index is 6.04. The number of methoxy groups -OCH3 is 2. The Hall–Kier alpha value is -2.62. The Bertz CT molecular complexity index is 723. The van der Waals surface area contributed by atoms with E-state index in [1.54, 1.807) is 14.2 Å². The highest BCUT2D eigenvalue weighted by Crippen LogP contribution is 2.35. The van der Waals surface area contributed by atoms with E-state index in [2.05, 4.69) is 17.5 Å². The van der Waals surface area contributed by atoms with Gasteiger partial charge in [0, 0.05) is 23.5 Å². The third-order valence-corrected chi connectivity index (χ3v) is 3.91. The number of anilines is 1. The van der Waals surface area contributed by atoms with Gasteiger partial charge in [-0.3, -0.25) is 0 Å². The molecule has 0 saturated carbocycles. The molecule has 22 heavy (non-hydrogen) atoms. The summed E-state index contributed by atoms with van der Waals surface area (Å²) in [6, 6.07) is 11.9. The van der Waals surface area contributed by atoms with Gasteiger partial charge in [0.2, 0.25) is 0 Å². The summed E-state index contributed by atoms with van der Waals surface area (Å²) in [5.74, 6) is 1.50. The molecule has 0 saturated heterocycles. The lowest BCUT2D eigenvalue weighted by atomic mass is 9.95. The van der Waals surface area contributed by atoms with E-state index >= 15 is 0 Å². The van der Waals surface area contributed by atoms with Gasteiger partial charge in [0.1, 0.15) is 0 Å². The van der Waals surface area contributed by atoms with Gasteiger partial charge in [-0.05, 0) is 41.8 Å². The van der Waals surface area contributed by atoms with Crippen molar-refractivity contribution >= 4 is 17.5 Å². The largest absolute Gasteiger partial charge is 0.493 e. The predicted octanol–water partition coefficient (Wildman–Crippen LogP) is 2.93. The first-order chi connectivity index (χ1) is 10.7. The molecule has 0 spiro atoms. The third kappa shape index (κ3) is 2.60. The molecule has 0 atom stereocenters. The zero-order chi connectivity index (χ0) is 15.5. The van der Waals surface area contributed by atoms with Gasteiger partial charge < -0.3 is 20.5 Å². The number of nitrogens with two attached hydrogens (primary N) is 1. The van der Waals surface area contributed by atoms with Crippen molar-refractivity contribution in [2.45, 2.75) is 6.42 Å². The highest BCUT2D eigenvalue weighted by Gasteiger charge is 2.18. The van der Waals surface area contributed by atoms with Crippen molar-refractivity contribution in [3.05, 3.63) is 53.1 Å². The molecule has 1 aliphatic rings. The summed E-state index contributed by atoms with van der Waals surface area (Å²) in [6.07, 6.45) is 3.04. The van der Waals surface area contributed by atoms with Gasteiger partial charge in [-0.1, -0.05) is 18.2 Å². The zero-order valence-corrected chi connectivity index (χ0v) is 12.8. The van der Waals surface area contributed by atoms with Crippen molar-refractivity contribution in [3.63, 3.8) is 0 Å². The van der Waals surface area contributed by atoms with Gasteiger partial charge in [-0.2, -0.15) is 0 Å². The summed E-state index contributed by atoms with van der Waals surface area (Å²) in [6.45, 7) is 0.890. The molecule has 114 valence electrons. The Balaban J connectivity index is 2.09. The number of para-hydroxylation sites is 1. The average molecular weight is 296 g/mol. The summed E-state index contributed by atoms with van der Waals surface area (Å²) >= 11 is 0. The van der Waals surface area contributed by atoms with E-state index in [9.17, 15) is 0 Å². The van der Waals surface area contributed by atoms with Crippen LogP contribution in [0.1, 0.15) is 16.7 Å². The third-order valence-electron chi connectivity index (χ3n) is 3.91. The van der Waals surface area contributed by atoms with Gasteiger partial charge in [0.05, 0.1) is 14.2 Å². The molecule has 0 bridgehead atoms. The normalized spacial score (nSPS) is 15.1. The molecular weight excluding hydrogens is 276 g/mol. The van der Waals surface area contributed by atoms with Crippen LogP contribution in [0.4, 0.5) is 5.69 Å². The SMILES string of the molecule is COc1cc2c(cc1OC)/C(=C/c1ccccc1N)NCC2. The van der Waals surface area contributed by atoms with E-state index < -0.39 is 0 Å². The Labute approximate surface area is 130 Å². The number of nitrogen functional groups attached to an aromatic ring is 1. The summed E-state index contributed by atoms with van der Waals surface area (Å²) < 4.78 is 10.8. The molecule has 1 aliphatic heterocycles. The molecule has 2 aromatic carbocycles. The standard InChI is InChI=1S/C18H20N2O2/c1-21-17-10-12-7-8-20-16(14(12)11-18(17)22-2)9-13-5-3-4-6-15(13)19/h3-6,9-11,20H,7-8,19H2,1-2H3/b16-9-. The number of benzene rings is 2. The van der Waals surface area contributed by atoms with E-state index in [-0.39, 0.29) is 0 Å². The zero-order valence-electron chi connectivity index (χ0n) is 12.8. The summed E-state index contributed by atoms with van der Waals surface area (Å²) in [5.41, 5.74) is 11.3. The fourth-order valence-corrected chi connectivity index (χ4v) is 2.73. The van der Waals surface area contributed by atoms with Crippen LogP contribution in [0.2, 0.25) is 0 Å². The number of fused-ring (bicyclic) bond motifs is 1. The van der Waals surface area contributed by atoms with Crippen molar-refractivity contribution < 1.29 is 9.47 Å². The molecule has 4 nitrogen and oxygen atoms in total. The van der Waals surface area contributed by atoms with Crippen LogP contribution in [-0.2, 0) is 6.42 Å². The first kappa shape index (κ1) is 14.3. The topological polar surface area (TPSA) is 56.5 Å². The molecule has 4 heteroatoms. The maximum atomic E-state index is 6.04. The average Bonchev–Trinajstić information content (AvgIpc) is 2.56. The van der Waals surface area contributed by atoms with E-state index in [1.807, 2.05) is 30.3 Å². The van der Waals surface area contributed by atoms with Crippen LogP contribution >= 0.6 is 0 Å². The van der Waals surface area contributed by atoms with Crippen molar-refractivity contribution in [1.29, 1.82) is 0 Å². The monoisotopic (exact) mass is 296 g/mol. The van der Waals surface area contributed by atoms with Crippen molar-refractivity contribution in [3.8, 4) is 11.5 Å². The van der Waals surface area contributed by atoms with Gasteiger partial charge in [-0.15, -0.1) is 0 Å². The lowest BCUT2D eigenvalue weighted by Gasteiger charge is -2.23. The van der Waals surface area contributed by atoms with Crippen molar-refractivity contribution in [2.24, 2.45) is 0 Å². The number of hydrogen-bond donors (Lipinski definition) is 2. The summed E-state index contributed by atoms with van der Waals surface area (Å²) in [4.78, 5) is 0. The van der Waals surface area contributed by atoms with Crippen LogP contribution in [0.5, 0.6) is 11.5 Å². The number of rotatable bonds is 3. The van der Waals surface area contributed by atoms with Gasteiger partial charge in [0.15, 0.2) is 11.5 Å². The first-order valence-corrected chi connectivity index (χ1v) is 7.28. The molecule has 0 amide bonds. The molecule has 0 aromatic heterocycles. The molecule has 0 fully saturated rings. The smallest absolute Gasteiger partial charge is 0.161 e. The second kappa shape index (κ2) is 6.02. The van der Waals surface area contributed by atoms with E-state index in [0.29, 0.717) is 0 Å². The van der Waals surface area contributed by atoms with Crippen LogP contribution in [0.3, 0.4) is 0 Å². The van der Waals surface area contributed by atoms with Crippen LogP contribution in [0, 0.1) is 0 Å². The second-order valence-corrected chi connectivity index (χ2v) is 5.23. The molecule has 3 N–H and O–H groups in total. The minimum absolute atomic E-state index is 0.733. The summed E-state index contributed by atoms with van der Waals surface area (Å²) in [5, 5.41) is 3.45. The molecular formula is C18H20N2O2. The lowest BCUT2D eigenvalue weighted by molar-refractivity contribution is 0.354. The molecule has 0 unspecified atom stereocenters. The van der Waals surface area contributed by atoms with Gasteiger partial charge >= 0.3 is 0 Å². The Morgan fingerprint density at radius 1 is 1.09 bits per heavy atom. The lowest BCUT2D eigenvalue weighted by Crippen LogP contribution is -2.22. The van der Waals surface area contributed by atoms with E-state index in [4.69, 9.17) is 15.2 Å². The molecule has 2 aromatic rings. The van der Waals surface area contributed by atoms with Crippen LogP contribution in [-0.4, -0.2) is 20.8 Å². The molecule has 0 aliphatic carbocycles. The van der Waals surface area contributed by atoms with Crippen molar-refractivity contribution in [2.75, 3.05) is 26.5 Å². The quantitative estimate of drug-likeness (QED) is 0.855. The minimum atomic E-state index is 0.733. The molecule has 1 heterocycles.